The van der Waals surface area contributed by atoms with Gasteiger partial charge in [0.2, 0.25) is 0 Å². The smallest absolute Gasteiger partial charge is 0.373 e. The number of carbonyl (C=O) groups is 1. The molecular formula is C18H22ClNO6. The Bertz CT molecular complexity index is 656. The first-order chi connectivity index (χ1) is 12.2. The molecule has 0 N–H and O–H groups in total. The minimum Gasteiger partial charge on any atom is -0.467 e. The molecule has 1 saturated heterocycles. The summed E-state index contributed by atoms with van der Waals surface area (Å²) in [6, 6.07) is 7.42. The Labute approximate surface area is 157 Å². The third kappa shape index (κ3) is 4.79. The molecule has 0 spiro atoms. The number of nitrogens with zero attached hydrogens (tertiary/aromatic N) is 1. The maximum atomic E-state index is 12.2. The molecule has 1 aliphatic heterocycles. The van der Waals surface area contributed by atoms with Crippen molar-refractivity contribution < 1.29 is 28.7 Å². The van der Waals surface area contributed by atoms with Gasteiger partial charge in [0.1, 0.15) is 0 Å². The van der Waals surface area contributed by atoms with E-state index in [9.17, 15) is 4.79 Å². The predicted molar refractivity (Wildman–Crippen MR) is 92.2 cm³/mol. The van der Waals surface area contributed by atoms with Crippen molar-refractivity contribution in [2.45, 2.75) is 39.3 Å². The second-order valence-electron chi connectivity index (χ2n) is 6.14. The van der Waals surface area contributed by atoms with Gasteiger partial charge in [-0.2, -0.15) is 19.2 Å². The number of halogens is 1. The van der Waals surface area contributed by atoms with Crippen LogP contribution in [0.15, 0.2) is 24.3 Å². The molecule has 0 aliphatic carbocycles. The third-order valence-corrected chi connectivity index (χ3v) is 4.64. The highest BCUT2D eigenvalue weighted by atomic mass is 35.5. The quantitative estimate of drug-likeness (QED) is 0.582. The predicted octanol–water partition coefficient (Wildman–Crippen LogP) is 2.59. The summed E-state index contributed by atoms with van der Waals surface area (Å²) < 4.78 is 5.00. The second-order valence-corrected chi connectivity index (χ2v) is 6.58. The van der Waals surface area contributed by atoms with Crippen LogP contribution in [0.5, 0.6) is 0 Å². The summed E-state index contributed by atoms with van der Waals surface area (Å²) in [5.41, 5.74) is 0.785. The average Bonchev–Trinajstić information content (AvgIpc) is 3.27. The highest BCUT2D eigenvalue weighted by molar-refractivity contribution is 6.30. The summed E-state index contributed by atoms with van der Waals surface area (Å²) in [5, 5.41) is 0.680. The fourth-order valence-electron chi connectivity index (χ4n) is 3.58. The maximum absolute atomic E-state index is 12.2. The first-order valence-electron chi connectivity index (χ1n) is 7.81. The molecule has 1 fully saturated rings. The van der Waals surface area contributed by atoms with Gasteiger partial charge in [-0.3, -0.25) is 0 Å². The molecule has 0 bridgehead atoms. The molecule has 0 amide bonds. The van der Waals surface area contributed by atoms with Gasteiger partial charge in [0, 0.05) is 10.7 Å². The molecule has 7 nitrogen and oxygen atoms in total. The minimum absolute atomic E-state index is 0.174. The number of ether oxygens (including phenoxy) is 1. The number of hydrogen-bond donors (Lipinski definition) is 0. The lowest BCUT2D eigenvalue weighted by Crippen LogP contribution is -2.34. The molecular weight excluding hydrogens is 362 g/mol. The molecule has 0 aromatic heterocycles. The van der Waals surface area contributed by atoms with Crippen LogP contribution >= 0.6 is 11.6 Å². The lowest BCUT2D eigenvalue weighted by molar-refractivity contribution is -0.193. The van der Waals surface area contributed by atoms with Crippen LogP contribution in [-0.4, -0.2) is 37.0 Å². The van der Waals surface area contributed by atoms with Crippen LogP contribution in [0.3, 0.4) is 0 Å². The van der Waals surface area contributed by atoms with Crippen molar-refractivity contribution in [2.24, 2.45) is 11.8 Å². The fourth-order valence-corrected chi connectivity index (χ4v) is 3.77. The van der Waals surface area contributed by atoms with E-state index in [2.05, 4.69) is 32.6 Å². The van der Waals surface area contributed by atoms with E-state index in [0.717, 1.165) is 5.69 Å². The van der Waals surface area contributed by atoms with Crippen molar-refractivity contribution in [3.05, 3.63) is 29.3 Å². The zero-order chi connectivity index (χ0) is 20.5. The van der Waals surface area contributed by atoms with Crippen LogP contribution in [0, 0.1) is 11.8 Å². The molecule has 0 radical (unpaired) electrons. The van der Waals surface area contributed by atoms with E-state index >= 15 is 0 Å². The molecule has 1 aliphatic rings. The largest absolute Gasteiger partial charge is 0.467 e. The van der Waals surface area contributed by atoms with Gasteiger partial charge in [-0.1, -0.05) is 45.4 Å². The van der Waals surface area contributed by atoms with Gasteiger partial charge in [-0.15, -0.1) is 0 Å². The topological polar surface area (TPSA) is 97.6 Å². The van der Waals surface area contributed by atoms with Crippen LogP contribution < -0.4 is 4.90 Å². The second kappa shape index (κ2) is 10.5. The van der Waals surface area contributed by atoms with Crippen molar-refractivity contribution in [3.63, 3.8) is 0 Å². The number of carbonyl (C=O) groups excluding carboxylic acids is 5. The molecule has 26 heavy (non-hydrogen) atoms. The number of rotatable bonds is 4. The molecule has 1 heterocycles. The van der Waals surface area contributed by atoms with Gasteiger partial charge in [-0.25, -0.2) is 4.79 Å². The van der Waals surface area contributed by atoms with Crippen LogP contribution in [0.2, 0.25) is 5.02 Å². The first-order valence-corrected chi connectivity index (χ1v) is 8.19. The van der Waals surface area contributed by atoms with E-state index in [4.69, 9.17) is 35.5 Å². The molecule has 142 valence electrons. The summed E-state index contributed by atoms with van der Waals surface area (Å²) in [5.74, 6) is 0.503. The van der Waals surface area contributed by atoms with Crippen molar-refractivity contribution in [1.82, 2.24) is 0 Å². The van der Waals surface area contributed by atoms with Crippen LogP contribution in [-0.2, 0) is 28.7 Å². The van der Waals surface area contributed by atoms with Crippen molar-refractivity contribution in [3.8, 4) is 0 Å². The lowest BCUT2D eigenvalue weighted by Gasteiger charge is -2.26. The minimum atomic E-state index is -0.231. The number of hydrogen-bond acceptors (Lipinski definition) is 7. The Morgan fingerprint density at radius 3 is 1.92 bits per heavy atom. The Morgan fingerprint density at radius 2 is 1.58 bits per heavy atom. The van der Waals surface area contributed by atoms with Gasteiger partial charge in [0.25, 0.3) is 0 Å². The SMILES string of the molecule is COC(=O)C1N(c2cccc(Cl)c2)C1(C(C)C)C(C)C.O=C=O.O=C=O. The zero-order valence-corrected chi connectivity index (χ0v) is 16.1. The first kappa shape index (κ1) is 23.5. The number of anilines is 1. The molecule has 2 rings (SSSR count). The van der Waals surface area contributed by atoms with Crippen molar-refractivity contribution in [1.29, 1.82) is 0 Å². The Hall–Kier alpha value is -2.46. The lowest BCUT2D eigenvalue weighted by atomic mass is 9.81. The van der Waals surface area contributed by atoms with E-state index in [1.54, 1.807) is 0 Å². The maximum Gasteiger partial charge on any atom is 0.373 e. The van der Waals surface area contributed by atoms with Gasteiger partial charge in [0.05, 0.1) is 12.6 Å². The van der Waals surface area contributed by atoms with Crippen LogP contribution in [0.1, 0.15) is 27.7 Å². The fraction of sp³-hybridized carbons (Fsp3) is 0.500. The van der Waals surface area contributed by atoms with Crippen molar-refractivity contribution in [2.75, 3.05) is 12.0 Å². The van der Waals surface area contributed by atoms with Crippen LogP contribution in [0.4, 0.5) is 5.69 Å². The molecule has 1 aromatic rings. The Kier molecular flexibility index (Phi) is 9.52. The highest BCUT2D eigenvalue weighted by Crippen LogP contribution is 2.55. The summed E-state index contributed by atoms with van der Waals surface area (Å²) in [7, 11) is 1.45. The van der Waals surface area contributed by atoms with E-state index in [-0.39, 0.29) is 29.9 Å². The molecule has 8 heteroatoms. The van der Waals surface area contributed by atoms with E-state index in [1.807, 2.05) is 24.3 Å². The Balaban J connectivity index is 0.000000918. The third-order valence-electron chi connectivity index (χ3n) is 4.41. The highest BCUT2D eigenvalue weighted by Gasteiger charge is 2.70. The van der Waals surface area contributed by atoms with Gasteiger partial charge in [-0.05, 0) is 30.0 Å². The van der Waals surface area contributed by atoms with Gasteiger partial charge < -0.3 is 9.64 Å². The van der Waals surface area contributed by atoms with Gasteiger partial charge >= 0.3 is 18.3 Å². The number of methoxy groups -OCH3 is 1. The zero-order valence-electron chi connectivity index (χ0n) is 15.3. The van der Waals surface area contributed by atoms with E-state index < -0.39 is 0 Å². The average molecular weight is 384 g/mol. The monoisotopic (exact) mass is 383 g/mol. The van der Waals surface area contributed by atoms with E-state index in [1.165, 1.54) is 7.11 Å². The van der Waals surface area contributed by atoms with E-state index in [0.29, 0.717) is 16.9 Å². The standard InChI is InChI=1S/C16H22ClNO2.2CO2/c1-10(2)16(11(3)4)14(15(19)20-5)18(16)13-8-6-7-12(17)9-13;2*2-1-3/h6-11,14H,1-5H3;;. The summed E-state index contributed by atoms with van der Waals surface area (Å²) in [6.07, 6.45) is 0.500. The molecule has 1 unspecified atom stereocenters. The molecule has 0 saturated carbocycles. The summed E-state index contributed by atoms with van der Waals surface area (Å²) in [4.78, 5) is 46.8. The molecule has 1 atom stereocenters. The normalized spacial score (nSPS) is 16.3. The van der Waals surface area contributed by atoms with Gasteiger partial charge in [0.15, 0.2) is 6.04 Å². The summed E-state index contributed by atoms with van der Waals surface area (Å²) >= 11 is 6.09. The number of esters is 1. The Morgan fingerprint density at radius 1 is 1.12 bits per heavy atom. The summed E-state index contributed by atoms with van der Waals surface area (Å²) in [6.45, 7) is 8.61. The van der Waals surface area contributed by atoms with Crippen LogP contribution in [0.25, 0.3) is 0 Å². The molecule has 1 aromatic carbocycles. The number of benzene rings is 1. The van der Waals surface area contributed by atoms with Crippen molar-refractivity contribution >= 4 is 35.6 Å².